The molecule has 38 heavy (non-hydrogen) atoms. The number of carbonyl (C=O) groups excluding carboxylic acids is 2. The molecule has 0 saturated carbocycles. The molecule has 1 aromatic heterocycles. The van der Waals surface area contributed by atoms with Crippen LogP contribution in [0.25, 0.3) is 0 Å². The molecule has 204 valence electrons. The van der Waals surface area contributed by atoms with Crippen molar-refractivity contribution in [1.82, 2.24) is 20.4 Å². The monoisotopic (exact) mass is 591 g/mol. The normalized spacial score (nSPS) is 19.5. The molecular formula is C21H20F3N5O6S3. The second-order valence-corrected chi connectivity index (χ2v) is 11.2. The average Bonchev–Trinajstić information content (AvgIpc) is 3.29. The van der Waals surface area contributed by atoms with Crippen LogP contribution in [0, 0.1) is 6.92 Å². The molecule has 0 spiro atoms. The maximum absolute atomic E-state index is 12.8. The van der Waals surface area contributed by atoms with Crippen LogP contribution in [0.15, 0.2) is 45.9 Å². The molecular weight excluding hydrogens is 571 g/mol. The summed E-state index contributed by atoms with van der Waals surface area (Å²) in [6.45, 7) is 1.85. The molecule has 0 aliphatic carbocycles. The van der Waals surface area contributed by atoms with Crippen LogP contribution in [-0.4, -0.2) is 78.2 Å². The van der Waals surface area contributed by atoms with Gasteiger partial charge in [0, 0.05) is 11.5 Å². The molecule has 2 amide bonds. The van der Waals surface area contributed by atoms with Crippen molar-refractivity contribution < 1.29 is 42.6 Å². The number of rotatable bonds is 7. The Morgan fingerprint density at radius 1 is 1.24 bits per heavy atom. The van der Waals surface area contributed by atoms with Crippen molar-refractivity contribution in [2.45, 2.75) is 34.9 Å². The summed E-state index contributed by atoms with van der Waals surface area (Å²) in [7, 11) is 0. The van der Waals surface area contributed by atoms with Gasteiger partial charge in [0.25, 0.3) is 5.91 Å². The highest BCUT2D eigenvalue weighted by atomic mass is 32.2. The number of fused-ring (bicyclic) bond motifs is 1. The number of alkyl halides is 3. The number of aliphatic carboxylic acids is 2. The number of hydrogen-bond donors (Lipinski definition) is 4. The number of aromatic nitrogens is 2. The average molecular weight is 592 g/mol. The zero-order valence-electron chi connectivity index (χ0n) is 19.3. The van der Waals surface area contributed by atoms with Gasteiger partial charge in [0.2, 0.25) is 5.91 Å². The fourth-order valence-corrected chi connectivity index (χ4v) is 6.64. The zero-order valence-corrected chi connectivity index (χ0v) is 21.8. The van der Waals surface area contributed by atoms with Gasteiger partial charge in [-0.15, -0.1) is 22.0 Å². The van der Waals surface area contributed by atoms with E-state index in [1.165, 1.54) is 39.8 Å². The van der Waals surface area contributed by atoms with Crippen molar-refractivity contribution in [3.63, 3.8) is 0 Å². The highest BCUT2D eigenvalue weighted by Gasteiger charge is 2.54. The molecule has 4 rings (SSSR count). The van der Waals surface area contributed by atoms with Crippen molar-refractivity contribution in [3.8, 4) is 0 Å². The van der Waals surface area contributed by atoms with Gasteiger partial charge in [-0.05, 0) is 18.1 Å². The van der Waals surface area contributed by atoms with E-state index in [0.29, 0.717) is 22.6 Å². The number of carboxylic acid groups (broad SMARTS) is 2. The number of aryl methyl sites for hydroxylation is 1. The topological polar surface area (TPSA) is 176 Å². The molecule has 0 bridgehead atoms. The van der Waals surface area contributed by atoms with E-state index in [0.717, 1.165) is 9.35 Å². The third-order valence-corrected chi connectivity index (χ3v) is 8.51. The van der Waals surface area contributed by atoms with Gasteiger partial charge in [0.15, 0.2) is 4.34 Å². The van der Waals surface area contributed by atoms with E-state index in [9.17, 15) is 32.7 Å². The maximum atomic E-state index is 12.8. The Bertz CT molecular complexity index is 1260. The van der Waals surface area contributed by atoms with Crippen LogP contribution >= 0.6 is 34.9 Å². The zero-order chi connectivity index (χ0) is 28.2. The third-order valence-electron chi connectivity index (χ3n) is 5.11. The summed E-state index contributed by atoms with van der Waals surface area (Å²) in [5, 5.41) is 27.9. The highest BCUT2D eigenvalue weighted by Crippen LogP contribution is 2.42. The van der Waals surface area contributed by atoms with Crippen molar-refractivity contribution in [1.29, 1.82) is 0 Å². The smallest absolute Gasteiger partial charge is 0.477 e. The number of benzene rings is 1. The van der Waals surface area contributed by atoms with Crippen molar-refractivity contribution in [2.24, 2.45) is 5.73 Å². The van der Waals surface area contributed by atoms with Crippen LogP contribution in [-0.2, 0) is 19.2 Å². The summed E-state index contributed by atoms with van der Waals surface area (Å²) < 4.78 is 32.5. The minimum absolute atomic E-state index is 0.0136. The number of nitrogens with zero attached hydrogens (tertiary/aromatic N) is 3. The standard InChI is InChI=1S/C19H19N5O4S3.C2HF3O2/c1-9-22-23-19(31-9)30-8-11-7-29-17-13(16(26)24(17)14(11)18(27)28)21-15(25)12(20)10-5-3-2-4-6-10;3-2(4,5)1(6)7/h2-6,12-13,17H,7-8,20H2,1H3,(H,21,25)(H,27,28);(H,6,7)/t12?,13?,17-;/m1./s1. The Morgan fingerprint density at radius 2 is 1.87 bits per heavy atom. The first-order chi connectivity index (χ1) is 17.8. The van der Waals surface area contributed by atoms with Gasteiger partial charge in [-0.25, -0.2) is 9.59 Å². The van der Waals surface area contributed by atoms with Crippen LogP contribution in [0.1, 0.15) is 16.6 Å². The number of hydrogen-bond acceptors (Lipinski definition) is 10. The first-order valence-corrected chi connectivity index (χ1v) is 13.4. The molecule has 17 heteroatoms. The molecule has 2 aromatic rings. The lowest BCUT2D eigenvalue weighted by Gasteiger charge is -2.49. The molecule has 0 radical (unpaired) electrons. The second-order valence-electron chi connectivity index (χ2n) is 7.72. The first-order valence-electron chi connectivity index (χ1n) is 10.5. The van der Waals surface area contributed by atoms with Crippen molar-refractivity contribution >= 4 is 58.6 Å². The fraction of sp³-hybridized carbons (Fsp3) is 0.333. The lowest BCUT2D eigenvalue weighted by atomic mass is 10.0. The third kappa shape index (κ3) is 6.83. The van der Waals surface area contributed by atoms with Crippen LogP contribution in [0.4, 0.5) is 13.2 Å². The minimum atomic E-state index is -5.08. The van der Waals surface area contributed by atoms with Crippen LogP contribution in [0.2, 0.25) is 0 Å². The van der Waals surface area contributed by atoms with E-state index in [2.05, 4.69) is 15.5 Å². The Morgan fingerprint density at radius 3 is 2.39 bits per heavy atom. The Labute approximate surface area is 225 Å². The van der Waals surface area contributed by atoms with Gasteiger partial charge >= 0.3 is 18.1 Å². The molecule has 1 saturated heterocycles. The van der Waals surface area contributed by atoms with E-state index < -0.39 is 47.4 Å². The molecule has 5 N–H and O–H groups in total. The quantitative estimate of drug-likeness (QED) is 0.274. The molecule has 2 unspecified atom stereocenters. The number of carboxylic acids is 2. The summed E-state index contributed by atoms with van der Waals surface area (Å²) in [5.41, 5.74) is 7.28. The Kier molecular flexibility index (Phi) is 9.40. The molecule has 1 fully saturated rings. The molecule has 3 heterocycles. The molecule has 2 aliphatic rings. The summed E-state index contributed by atoms with van der Waals surface area (Å²) in [5.74, 6) is -4.00. The second kappa shape index (κ2) is 12.1. The van der Waals surface area contributed by atoms with Crippen molar-refractivity contribution in [2.75, 3.05) is 11.5 Å². The predicted molar refractivity (Wildman–Crippen MR) is 132 cm³/mol. The van der Waals surface area contributed by atoms with Crippen molar-refractivity contribution in [3.05, 3.63) is 52.2 Å². The van der Waals surface area contributed by atoms with Gasteiger partial charge in [-0.3, -0.25) is 14.5 Å². The summed E-state index contributed by atoms with van der Waals surface area (Å²) in [4.78, 5) is 47.4. The van der Waals surface area contributed by atoms with Gasteiger partial charge in [-0.1, -0.05) is 53.4 Å². The molecule has 11 nitrogen and oxygen atoms in total. The largest absolute Gasteiger partial charge is 0.490 e. The van der Waals surface area contributed by atoms with Gasteiger partial charge in [-0.2, -0.15) is 13.2 Å². The lowest BCUT2D eigenvalue weighted by Crippen LogP contribution is -2.71. The lowest BCUT2D eigenvalue weighted by molar-refractivity contribution is -0.192. The Hall–Kier alpha value is -3.15. The molecule has 3 atom stereocenters. The van der Waals surface area contributed by atoms with Crippen LogP contribution in [0.5, 0.6) is 0 Å². The number of carbonyl (C=O) groups is 4. The van der Waals surface area contributed by atoms with E-state index in [-0.39, 0.29) is 5.70 Å². The number of halogens is 3. The number of thioether (sulfide) groups is 2. The molecule has 2 aliphatic heterocycles. The first kappa shape index (κ1) is 29.4. The van der Waals surface area contributed by atoms with E-state index >= 15 is 0 Å². The minimum Gasteiger partial charge on any atom is -0.477 e. The van der Waals surface area contributed by atoms with E-state index in [1.54, 1.807) is 24.3 Å². The number of amides is 2. The van der Waals surface area contributed by atoms with Crippen LogP contribution < -0.4 is 11.1 Å². The number of β-lactam (4-membered cyclic amide) rings is 1. The van der Waals surface area contributed by atoms with Crippen LogP contribution in [0.3, 0.4) is 0 Å². The predicted octanol–water partition coefficient (Wildman–Crippen LogP) is 2.01. The summed E-state index contributed by atoms with van der Waals surface area (Å²) >= 11 is 4.26. The molecule has 1 aromatic carbocycles. The number of nitrogens with two attached hydrogens (primary N) is 1. The highest BCUT2D eigenvalue weighted by molar-refractivity contribution is 8.01. The summed E-state index contributed by atoms with van der Waals surface area (Å²) in [6.07, 6.45) is -5.08. The Balaban J connectivity index is 0.000000505. The summed E-state index contributed by atoms with van der Waals surface area (Å²) in [6, 6.07) is 7.15. The maximum Gasteiger partial charge on any atom is 0.490 e. The van der Waals surface area contributed by atoms with Gasteiger partial charge < -0.3 is 21.3 Å². The van der Waals surface area contributed by atoms with Gasteiger partial charge in [0.1, 0.15) is 28.2 Å². The van der Waals surface area contributed by atoms with Gasteiger partial charge in [0.05, 0.1) is 0 Å². The van der Waals surface area contributed by atoms with E-state index in [1.807, 2.05) is 13.0 Å². The SMILES string of the molecule is Cc1nnc(SCC2=C(C(=O)O)N3C(=O)C(NC(=O)C(N)c4ccccc4)[C@H]3SC2)s1.O=C(O)C(F)(F)F. The number of nitrogens with one attached hydrogen (secondary N) is 1. The van der Waals surface area contributed by atoms with E-state index in [4.69, 9.17) is 15.6 Å². The fourth-order valence-electron chi connectivity index (χ4n) is 3.33.